The number of hydrogen-bond acceptors (Lipinski definition) is 3. The van der Waals surface area contributed by atoms with Crippen LogP contribution in [0.15, 0.2) is 24.3 Å². The van der Waals surface area contributed by atoms with Crippen LogP contribution < -0.4 is 4.31 Å². The maximum atomic E-state index is 12.1. The summed E-state index contributed by atoms with van der Waals surface area (Å²) < 4.78 is 26.8. The van der Waals surface area contributed by atoms with Gasteiger partial charge in [-0.15, -0.1) is 0 Å². The smallest absolute Gasteiger partial charge is 0.303 e. The summed E-state index contributed by atoms with van der Waals surface area (Å²) in [6, 6.07) is 7.05. The minimum Gasteiger partial charge on any atom is -0.388 e. The molecular formula is C11H16N2O3S. The molecule has 1 N–H and O–H groups in total. The quantitative estimate of drug-likeness (QED) is 0.849. The molecule has 0 saturated heterocycles. The second-order valence-corrected chi connectivity index (χ2v) is 6.29. The topological polar surface area (TPSA) is 60.9 Å². The maximum Gasteiger partial charge on any atom is 0.303 e. The van der Waals surface area contributed by atoms with E-state index in [0.29, 0.717) is 24.2 Å². The Morgan fingerprint density at radius 1 is 1.35 bits per heavy atom. The molecule has 0 aromatic heterocycles. The molecule has 1 atom stereocenters. The van der Waals surface area contributed by atoms with Gasteiger partial charge in [0.15, 0.2) is 0 Å². The number of fused-ring (bicyclic) bond motifs is 1. The number of hydrogen-bond donors (Lipinski definition) is 1. The van der Waals surface area contributed by atoms with Gasteiger partial charge in [0.05, 0.1) is 11.8 Å². The fourth-order valence-corrected chi connectivity index (χ4v) is 3.09. The average Bonchev–Trinajstić information content (AvgIpc) is 2.29. The molecule has 0 spiro atoms. The molecule has 0 aliphatic carbocycles. The first-order valence-corrected chi connectivity index (χ1v) is 6.81. The van der Waals surface area contributed by atoms with Crippen LogP contribution in [0.1, 0.15) is 18.1 Å². The Labute approximate surface area is 101 Å². The van der Waals surface area contributed by atoms with Crippen molar-refractivity contribution >= 4 is 15.9 Å². The molecule has 1 aliphatic heterocycles. The number of benzene rings is 1. The molecule has 0 saturated carbocycles. The van der Waals surface area contributed by atoms with Crippen LogP contribution in [0.25, 0.3) is 0 Å². The van der Waals surface area contributed by atoms with Crippen LogP contribution >= 0.6 is 0 Å². The van der Waals surface area contributed by atoms with Crippen molar-refractivity contribution in [3.8, 4) is 0 Å². The molecule has 17 heavy (non-hydrogen) atoms. The Kier molecular flexibility index (Phi) is 3.11. The van der Waals surface area contributed by atoms with Crippen LogP contribution in [-0.4, -0.2) is 38.5 Å². The first kappa shape index (κ1) is 12.3. The van der Waals surface area contributed by atoms with Crippen molar-refractivity contribution in [3.05, 3.63) is 29.8 Å². The molecule has 0 amide bonds. The zero-order chi connectivity index (χ0) is 12.6. The van der Waals surface area contributed by atoms with Crippen molar-refractivity contribution in [2.45, 2.75) is 12.5 Å². The summed E-state index contributed by atoms with van der Waals surface area (Å²) in [5.74, 6) is 0. The van der Waals surface area contributed by atoms with E-state index in [4.69, 9.17) is 0 Å². The lowest BCUT2D eigenvalue weighted by molar-refractivity contribution is 0.166. The molecule has 1 aromatic rings. The SMILES string of the molecule is CN(C)S(=O)(=O)N1CCC(O)c2ccccc21. The van der Waals surface area contributed by atoms with Crippen LogP contribution in [0.2, 0.25) is 0 Å². The van der Waals surface area contributed by atoms with E-state index in [1.807, 2.05) is 0 Å². The minimum atomic E-state index is -3.48. The highest BCUT2D eigenvalue weighted by Crippen LogP contribution is 2.35. The van der Waals surface area contributed by atoms with E-state index in [1.54, 1.807) is 24.3 Å². The lowest BCUT2D eigenvalue weighted by Gasteiger charge is -2.34. The summed E-state index contributed by atoms with van der Waals surface area (Å²) >= 11 is 0. The highest BCUT2D eigenvalue weighted by Gasteiger charge is 2.32. The summed E-state index contributed by atoms with van der Waals surface area (Å²) in [6.07, 6.45) is -0.163. The number of anilines is 1. The van der Waals surface area contributed by atoms with Gasteiger partial charge in [0.1, 0.15) is 0 Å². The van der Waals surface area contributed by atoms with Gasteiger partial charge in [-0.1, -0.05) is 18.2 Å². The van der Waals surface area contributed by atoms with Crippen molar-refractivity contribution in [3.63, 3.8) is 0 Å². The molecule has 5 nitrogen and oxygen atoms in total. The molecular weight excluding hydrogens is 240 g/mol. The largest absolute Gasteiger partial charge is 0.388 e. The van der Waals surface area contributed by atoms with Gasteiger partial charge in [-0.2, -0.15) is 12.7 Å². The van der Waals surface area contributed by atoms with E-state index < -0.39 is 16.3 Å². The van der Waals surface area contributed by atoms with Gasteiger partial charge >= 0.3 is 10.2 Å². The van der Waals surface area contributed by atoms with Crippen molar-refractivity contribution < 1.29 is 13.5 Å². The van der Waals surface area contributed by atoms with Crippen LogP contribution in [0.5, 0.6) is 0 Å². The fourth-order valence-electron chi connectivity index (χ4n) is 1.95. The number of nitrogens with zero attached hydrogens (tertiary/aromatic N) is 2. The number of aliphatic hydroxyl groups is 1. The van der Waals surface area contributed by atoms with E-state index >= 15 is 0 Å². The number of para-hydroxylation sites is 1. The monoisotopic (exact) mass is 256 g/mol. The zero-order valence-corrected chi connectivity index (χ0v) is 10.7. The number of aliphatic hydroxyl groups excluding tert-OH is 1. The zero-order valence-electron chi connectivity index (χ0n) is 9.87. The molecule has 0 fully saturated rings. The van der Waals surface area contributed by atoms with Gasteiger partial charge in [0, 0.05) is 26.2 Å². The van der Waals surface area contributed by atoms with Crippen molar-refractivity contribution in [1.82, 2.24) is 4.31 Å². The van der Waals surface area contributed by atoms with E-state index in [-0.39, 0.29) is 0 Å². The van der Waals surface area contributed by atoms with Crippen LogP contribution in [0, 0.1) is 0 Å². The molecule has 0 radical (unpaired) electrons. The average molecular weight is 256 g/mol. The second-order valence-electron chi connectivity index (χ2n) is 4.23. The lowest BCUT2D eigenvalue weighted by Crippen LogP contribution is -2.43. The Hall–Kier alpha value is -1.11. The molecule has 1 heterocycles. The fraction of sp³-hybridized carbons (Fsp3) is 0.455. The predicted molar refractivity (Wildman–Crippen MR) is 66.0 cm³/mol. The van der Waals surface area contributed by atoms with Gasteiger partial charge < -0.3 is 5.11 Å². The van der Waals surface area contributed by atoms with Crippen molar-refractivity contribution in [1.29, 1.82) is 0 Å². The standard InChI is InChI=1S/C11H16N2O3S/c1-12(2)17(15,16)13-8-7-11(14)9-5-3-4-6-10(9)13/h3-6,11,14H,7-8H2,1-2H3. The third-order valence-electron chi connectivity index (χ3n) is 2.91. The van der Waals surface area contributed by atoms with E-state index in [1.165, 1.54) is 22.7 Å². The third kappa shape index (κ3) is 2.03. The van der Waals surface area contributed by atoms with Gasteiger partial charge in [0.2, 0.25) is 0 Å². The van der Waals surface area contributed by atoms with Crippen LogP contribution in [0.3, 0.4) is 0 Å². The highest BCUT2D eigenvalue weighted by atomic mass is 32.2. The maximum absolute atomic E-state index is 12.1. The second kappa shape index (κ2) is 4.29. The first-order valence-electron chi connectivity index (χ1n) is 5.42. The Balaban J connectivity index is 2.51. The van der Waals surface area contributed by atoms with Gasteiger partial charge in [0.25, 0.3) is 0 Å². The van der Waals surface area contributed by atoms with E-state index in [2.05, 4.69) is 0 Å². The van der Waals surface area contributed by atoms with E-state index in [9.17, 15) is 13.5 Å². The molecule has 6 heteroatoms. The van der Waals surface area contributed by atoms with Gasteiger partial charge in [-0.05, 0) is 12.5 Å². The molecule has 94 valence electrons. The van der Waals surface area contributed by atoms with Crippen molar-refractivity contribution in [2.75, 3.05) is 24.9 Å². The first-order chi connectivity index (χ1) is 7.94. The Morgan fingerprint density at radius 2 is 2.00 bits per heavy atom. The number of rotatable bonds is 2. The summed E-state index contributed by atoms with van der Waals surface area (Å²) in [5, 5.41) is 9.85. The predicted octanol–water partition coefficient (Wildman–Crippen LogP) is 0.737. The van der Waals surface area contributed by atoms with E-state index in [0.717, 1.165) is 0 Å². The lowest BCUT2D eigenvalue weighted by atomic mass is 10.0. The molecule has 1 aliphatic rings. The minimum absolute atomic E-state index is 0.304. The highest BCUT2D eigenvalue weighted by molar-refractivity contribution is 7.90. The van der Waals surface area contributed by atoms with Crippen LogP contribution in [-0.2, 0) is 10.2 Å². The van der Waals surface area contributed by atoms with Gasteiger partial charge in [-0.3, -0.25) is 4.31 Å². The summed E-state index contributed by atoms with van der Waals surface area (Å²) in [6.45, 7) is 0.304. The van der Waals surface area contributed by atoms with Crippen LogP contribution in [0.4, 0.5) is 5.69 Å². The van der Waals surface area contributed by atoms with Gasteiger partial charge in [-0.25, -0.2) is 0 Å². The summed E-state index contributed by atoms with van der Waals surface area (Å²) in [4.78, 5) is 0. The molecule has 0 bridgehead atoms. The third-order valence-corrected chi connectivity index (χ3v) is 4.77. The summed E-state index contributed by atoms with van der Waals surface area (Å²) in [7, 11) is -0.475. The molecule has 2 rings (SSSR count). The normalized spacial score (nSPS) is 20.5. The Morgan fingerprint density at radius 3 is 2.65 bits per heavy atom. The molecule has 1 unspecified atom stereocenters. The van der Waals surface area contributed by atoms with Crippen molar-refractivity contribution in [2.24, 2.45) is 0 Å². The molecule has 1 aromatic carbocycles. The Bertz CT molecular complexity index is 513. The summed E-state index contributed by atoms with van der Waals surface area (Å²) in [5.41, 5.74) is 1.24.